The molecule has 0 heterocycles. The molecule has 0 radical (unpaired) electrons. The molecule has 9 nitrogen and oxygen atoms in total. The highest BCUT2D eigenvalue weighted by Gasteiger charge is 2.33. The molecule has 0 unspecified atom stereocenters. The fraction of sp³-hybridized carbons (Fsp3) is 0.394. The Morgan fingerprint density at radius 3 is 2.16 bits per heavy atom. The number of rotatable bonds is 15. The molecule has 43 heavy (non-hydrogen) atoms. The minimum atomic E-state index is -4.25. The van der Waals surface area contributed by atoms with Gasteiger partial charge in [0.25, 0.3) is 10.0 Å². The lowest BCUT2D eigenvalue weighted by Crippen LogP contribution is -2.52. The molecular weight excluding hydrogens is 566 g/mol. The summed E-state index contributed by atoms with van der Waals surface area (Å²) in [7, 11) is -1.36. The number of benzene rings is 3. The Labute approximate surface area is 255 Å². The van der Waals surface area contributed by atoms with Gasteiger partial charge in [-0.15, -0.1) is 0 Å². The van der Waals surface area contributed by atoms with Gasteiger partial charge in [-0.1, -0.05) is 49.7 Å². The van der Waals surface area contributed by atoms with Gasteiger partial charge in [0, 0.05) is 19.2 Å². The summed E-state index contributed by atoms with van der Waals surface area (Å²) in [5.41, 5.74) is 3.05. The highest BCUT2D eigenvalue weighted by molar-refractivity contribution is 7.92. The van der Waals surface area contributed by atoms with Crippen LogP contribution in [0.3, 0.4) is 0 Å². The van der Waals surface area contributed by atoms with E-state index in [1.807, 2.05) is 57.2 Å². The average Bonchev–Trinajstić information content (AvgIpc) is 2.99. The smallest absolute Gasteiger partial charge is 0.264 e. The van der Waals surface area contributed by atoms with Crippen LogP contribution in [-0.4, -0.2) is 65.0 Å². The molecule has 3 aromatic carbocycles. The van der Waals surface area contributed by atoms with Gasteiger partial charge in [0.1, 0.15) is 12.6 Å². The number of sulfonamides is 1. The molecule has 0 fully saturated rings. The molecule has 0 saturated carbocycles. The minimum absolute atomic E-state index is 0.0571. The number of unbranched alkanes of at least 4 members (excludes halogenated alkanes) is 1. The summed E-state index contributed by atoms with van der Waals surface area (Å²) in [6, 6.07) is 18.6. The van der Waals surface area contributed by atoms with Crippen molar-refractivity contribution in [2.75, 3.05) is 38.2 Å². The van der Waals surface area contributed by atoms with Crippen molar-refractivity contribution in [3.05, 3.63) is 83.4 Å². The first-order chi connectivity index (χ1) is 20.5. The number of amides is 2. The van der Waals surface area contributed by atoms with E-state index in [1.165, 1.54) is 37.3 Å². The van der Waals surface area contributed by atoms with E-state index >= 15 is 0 Å². The fourth-order valence-corrected chi connectivity index (χ4v) is 6.25. The molecule has 2 amide bonds. The first-order valence-corrected chi connectivity index (χ1v) is 15.9. The molecule has 0 aromatic heterocycles. The average molecular weight is 610 g/mol. The molecule has 0 aliphatic carbocycles. The maximum atomic E-state index is 14.2. The lowest BCUT2D eigenvalue weighted by Gasteiger charge is -2.32. The molecule has 10 heteroatoms. The molecule has 0 aliphatic rings. The molecule has 1 N–H and O–H groups in total. The summed E-state index contributed by atoms with van der Waals surface area (Å²) >= 11 is 0. The van der Waals surface area contributed by atoms with Crippen molar-refractivity contribution in [3.8, 4) is 11.5 Å². The van der Waals surface area contributed by atoms with E-state index in [9.17, 15) is 18.0 Å². The SMILES string of the molecule is CCCCNC(=O)[C@H](C)N(CCc1ccccc1)C(=O)CN(c1cc(C)cc(C)c1)S(=O)(=O)c1ccc(OC)c(OC)c1. The van der Waals surface area contributed by atoms with Gasteiger partial charge < -0.3 is 19.7 Å². The third-order valence-electron chi connectivity index (χ3n) is 7.20. The molecule has 3 aromatic rings. The standard InChI is InChI=1S/C33H43N3O6S/c1-7-8-17-34-33(38)26(4)35(18-16-27-12-10-9-11-13-27)32(37)23-36(28-20-24(2)19-25(3)21-28)43(39,40)29-14-15-30(41-5)31(22-29)42-6/h9-15,19-22,26H,7-8,16-18,23H2,1-6H3,(H,34,38)/t26-/m0/s1. The van der Waals surface area contributed by atoms with Gasteiger partial charge >= 0.3 is 0 Å². The minimum Gasteiger partial charge on any atom is -0.493 e. The zero-order valence-corrected chi connectivity index (χ0v) is 26.7. The van der Waals surface area contributed by atoms with Crippen LogP contribution in [0, 0.1) is 13.8 Å². The van der Waals surface area contributed by atoms with E-state index in [-0.39, 0.29) is 23.1 Å². The Hall–Kier alpha value is -4.05. The number of hydrogen-bond donors (Lipinski definition) is 1. The zero-order valence-electron chi connectivity index (χ0n) is 25.9. The van der Waals surface area contributed by atoms with Gasteiger partial charge in [0.05, 0.1) is 24.8 Å². The number of carbonyl (C=O) groups is 2. The number of nitrogens with zero attached hydrogens (tertiary/aromatic N) is 2. The zero-order chi connectivity index (χ0) is 31.6. The maximum absolute atomic E-state index is 14.2. The normalized spacial score (nSPS) is 11.9. The van der Waals surface area contributed by atoms with Crippen LogP contribution < -0.4 is 19.1 Å². The van der Waals surface area contributed by atoms with Gasteiger partial charge in [-0.2, -0.15) is 0 Å². The van der Waals surface area contributed by atoms with Crippen molar-refractivity contribution in [1.82, 2.24) is 10.2 Å². The number of carbonyl (C=O) groups excluding carboxylic acids is 2. The first-order valence-electron chi connectivity index (χ1n) is 14.5. The van der Waals surface area contributed by atoms with Gasteiger partial charge in [0.2, 0.25) is 11.8 Å². The summed E-state index contributed by atoms with van der Waals surface area (Å²) in [5.74, 6) is -0.143. The number of anilines is 1. The predicted molar refractivity (Wildman–Crippen MR) is 169 cm³/mol. The Bertz CT molecular complexity index is 1470. The second kappa shape index (κ2) is 15.4. The van der Waals surface area contributed by atoms with Crippen LogP contribution >= 0.6 is 0 Å². The van der Waals surface area contributed by atoms with E-state index in [2.05, 4.69) is 5.32 Å². The van der Waals surface area contributed by atoms with Crippen LogP contribution in [0.4, 0.5) is 5.69 Å². The highest BCUT2D eigenvalue weighted by atomic mass is 32.2. The summed E-state index contributed by atoms with van der Waals surface area (Å²) in [4.78, 5) is 28.6. The molecule has 0 bridgehead atoms. The number of aryl methyl sites for hydroxylation is 2. The Balaban J connectivity index is 2.03. The van der Waals surface area contributed by atoms with E-state index < -0.39 is 28.5 Å². The quantitative estimate of drug-likeness (QED) is 0.246. The first kappa shape index (κ1) is 33.5. The highest BCUT2D eigenvalue weighted by Crippen LogP contribution is 2.33. The van der Waals surface area contributed by atoms with E-state index in [4.69, 9.17) is 9.47 Å². The molecule has 0 saturated heterocycles. The van der Waals surface area contributed by atoms with Crippen molar-refractivity contribution in [2.45, 2.75) is 57.9 Å². The lowest BCUT2D eigenvalue weighted by molar-refractivity contribution is -0.138. The largest absolute Gasteiger partial charge is 0.493 e. The Kier molecular flexibility index (Phi) is 12.0. The van der Waals surface area contributed by atoms with Gasteiger partial charge in [-0.3, -0.25) is 13.9 Å². The number of ether oxygens (including phenoxy) is 2. The van der Waals surface area contributed by atoms with Crippen molar-refractivity contribution >= 4 is 27.5 Å². The van der Waals surface area contributed by atoms with Crippen LogP contribution in [0.1, 0.15) is 43.4 Å². The molecule has 0 spiro atoms. The molecule has 232 valence electrons. The van der Waals surface area contributed by atoms with Gasteiger partial charge in [-0.25, -0.2) is 8.42 Å². The molecule has 0 aliphatic heterocycles. The van der Waals surface area contributed by atoms with E-state index in [0.717, 1.165) is 33.8 Å². The van der Waals surface area contributed by atoms with Crippen LogP contribution in [0.25, 0.3) is 0 Å². The number of methoxy groups -OCH3 is 2. The second-order valence-electron chi connectivity index (χ2n) is 10.5. The Morgan fingerprint density at radius 2 is 1.56 bits per heavy atom. The predicted octanol–water partition coefficient (Wildman–Crippen LogP) is 4.89. The van der Waals surface area contributed by atoms with Crippen LogP contribution in [-0.2, 0) is 26.0 Å². The number of hydrogen-bond acceptors (Lipinski definition) is 6. The molecular formula is C33H43N3O6S. The van der Waals surface area contributed by atoms with Gasteiger partial charge in [-0.05, 0) is 74.6 Å². The van der Waals surface area contributed by atoms with Crippen molar-refractivity contribution in [2.24, 2.45) is 0 Å². The Morgan fingerprint density at radius 1 is 0.907 bits per heavy atom. The third kappa shape index (κ3) is 8.73. The second-order valence-corrected chi connectivity index (χ2v) is 12.4. The molecule has 3 rings (SSSR count). The maximum Gasteiger partial charge on any atom is 0.264 e. The summed E-state index contributed by atoms with van der Waals surface area (Å²) in [6.07, 6.45) is 2.25. The van der Waals surface area contributed by atoms with E-state index in [1.54, 1.807) is 19.1 Å². The van der Waals surface area contributed by atoms with Crippen molar-refractivity contribution in [1.29, 1.82) is 0 Å². The molecule has 1 atom stereocenters. The monoisotopic (exact) mass is 609 g/mol. The lowest BCUT2D eigenvalue weighted by atomic mass is 10.1. The fourth-order valence-electron chi connectivity index (χ4n) is 4.83. The van der Waals surface area contributed by atoms with Crippen molar-refractivity contribution < 1.29 is 27.5 Å². The van der Waals surface area contributed by atoms with Crippen LogP contribution in [0.5, 0.6) is 11.5 Å². The van der Waals surface area contributed by atoms with Crippen molar-refractivity contribution in [3.63, 3.8) is 0 Å². The van der Waals surface area contributed by atoms with Gasteiger partial charge in [0.15, 0.2) is 11.5 Å². The van der Waals surface area contributed by atoms with Crippen LogP contribution in [0.2, 0.25) is 0 Å². The van der Waals surface area contributed by atoms with E-state index in [0.29, 0.717) is 24.4 Å². The summed E-state index contributed by atoms with van der Waals surface area (Å²) in [6.45, 7) is 7.69. The third-order valence-corrected chi connectivity index (χ3v) is 8.97. The number of nitrogens with one attached hydrogen (secondary N) is 1. The summed E-state index contributed by atoms with van der Waals surface area (Å²) in [5, 5.41) is 2.91. The summed E-state index contributed by atoms with van der Waals surface area (Å²) < 4.78 is 40.2. The topological polar surface area (TPSA) is 105 Å². The van der Waals surface area contributed by atoms with Crippen LogP contribution in [0.15, 0.2) is 71.6 Å².